The Bertz CT molecular complexity index is 496. The van der Waals surface area contributed by atoms with Crippen LogP contribution in [0.1, 0.15) is 5.69 Å². The topological polar surface area (TPSA) is 70.5 Å². The molecular weight excluding hydrogens is 232 g/mol. The molecule has 0 spiro atoms. The largest absolute Gasteiger partial charge is 0.490 e. The van der Waals surface area contributed by atoms with Crippen molar-refractivity contribution in [3.63, 3.8) is 0 Å². The normalized spacial score (nSPS) is 10.6. The molecule has 0 saturated heterocycles. The van der Waals surface area contributed by atoms with Gasteiger partial charge < -0.3 is 19.7 Å². The quantitative estimate of drug-likeness (QED) is 0.790. The van der Waals surface area contributed by atoms with Gasteiger partial charge >= 0.3 is 0 Å². The lowest BCUT2D eigenvalue weighted by Gasteiger charge is -2.08. The Kier molecular flexibility index (Phi) is 4.33. The van der Waals surface area contributed by atoms with Crippen LogP contribution in [0.4, 0.5) is 0 Å². The van der Waals surface area contributed by atoms with Crippen molar-refractivity contribution in [3.05, 3.63) is 36.0 Å². The van der Waals surface area contributed by atoms with Crippen LogP contribution in [0.15, 0.2) is 34.9 Å². The van der Waals surface area contributed by atoms with Gasteiger partial charge in [0.1, 0.15) is 12.4 Å². The van der Waals surface area contributed by atoms with E-state index in [4.69, 9.17) is 19.7 Å². The number of aromatic nitrogens is 1. The van der Waals surface area contributed by atoms with Gasteiger partial charge in [0.05, 0.1) is 17.9 Å². The first kappa shape index (κ1) is 12.6. The maximum Gasteiger partial charge on any atom is 0.170 e. The molecule has 2 N–H and O–H groups in total. The standard InChI is InChI=1S/C13H16N2O3/c1-16-6-7-17-12-5-3-2-4-11(12)13-8-10(9-14)15-18-13/h2-5,8H,6-7,9,14H2,1H3. The molecule has 0 amide bonds. The fourth-order valence-corrected chi connectivity index (χ4v) is 1.57. The molecule has 0 aliphatic heterocycles. The zero-order chi connectivity index (χ0) is 12.8. The van der Waals surface area contributed by atoms with Gasteiger partial charge in [-0.2, -0.15) is 0 Å². The Morgan fingerprint density at radius 2 is 2.11 bits per heavy atom. The van der Waals surface area contributed by atoms with E-state index in [0.717, 1.165) is 17.0 Å². The molecule has 0 bridgehead atoms. The summed E-state index contributed by atoms with van der Waals surface area (Å²) < 4.78 is 15.8. The van der Waals surface area contributed by atoms with Gasteiger partial charge in [-0.1, -0.05) is 17.3 Å². The van der Waals surface area contributed by atoms with Gasteiger partial charge in [0.25, 0.3) is 0 Å². The van der Waals surface area contributed by atoms with Crippen molar-refractivity contribution in [3.8, 4) is 17.1 Å². The van der Waals surface area contributed by atoms with Crippen molar-refractivity contribution in [1.82, 2.24) is 5.16 Å². The highest BCUT2D eigenvalue weighted by atomic mass is 16.5. The summed E-state index contributed by atoms with van der Waals surface area (Å²) >= 11 is 0. The highest BCUT2D eigenvalue weighted by Crippen LogP contribution is 2.30. The van der Waals surface area contributed by atoms with Gasteiger partial charge in [-0.25, -0.2) is 0 Å². The summed E-state index contributed by atoms with van der Waals surface area (Å²) in [6, 6.07) is 9.45. The van der Waals surface area contributed by atoms with E-state index in [2.05, 4.69) is 5.16 Å². The third-order valence-electron chi connectivity index (χ3n) is 2.47. The molecule has 0 atom stereocenters. The fraction of sp³-hybridized carbons (Fsp3) is 0.308. The van der Waals surface area contributed by atoms with Crippen molar-refractivity contribution < 1.29 is 14.0 Å². The zero-order valence-corrected chi connectivity index (χ0v) is 10.3. The molecular formula is C13H16N2O3. The highest BCUT2D eigenvalue weighted by Gasteiger charge is 2.11. The van der Waals surface area contributed by atoms with Crippen molar-refractivity contribution in [2.45, 2.75) is 6.54 Å². The Labute approximate surface area is 105 Å². The molecule has 1 aromatic carbocycles. The lowest BCUT2D eigenvalue weighted by molar-refractivity contribution is 0.146. The summed E-state index contributed by atoms with van der Waals surface area (Å²) in [5.41, 5.74) is 7.09. The van der Waals surface area contributed by atoms with E-state index in [1.807, 2.05) is 30.3 Å². The summed E-state index contributed by atoms with van der Waals surface area (Å²) in [5.74, 6) is 1.40. The number of ether oxygens (including phenoxy) is 2. The van der Waals surface area contributed by atoms with Gasteiger partial charge in [-0.3, -0.25) is 0 Å². The predicted molar refractivity (Wildman–Crippen MR) is 67.2 cm³/mol. The number of rotatable bonds is 6. The van der Waals surface area contributed by atoms with Gasteiger partial charge in [0, 0.05) is 19.7 Å². The number of nitrogens with zero attached hydrogens (tertiary/aromatic N) is 1. The molecule has 1 heterocycles. The van der Waals surface area contributed by atoms with Gasteiger partial charge in [-0.05, 0) is 12.1 Å². The number of benzene rings is 1. The second-order valence-corrected chi connectivity index (χ2v) is 3.72. The van der Waals surface area contributed by atoms with Crippen molar-refractivity contribution in [2.24, 2.45) is 5.73 Å². The van der Waals surface area contributed by atoms with E-state index < -0.39 is 0 Å². The summed E-state index contributed by atoms with van der Waals surface area (Å²) in [6.45, 7) is 1.39. The van der Waals surface area contributed by atoms with E-state index in [1.54, 1.807) is 7.11 Å². The number of nitrogens with two attached hydrogens (primary N) is 1. The smallest absolute Gasteiger partial charge is 0.170 e. The second kappa shape index (κ2) is 6.18. The summed E-state index contributed by atoms with van der Waals surface area (Å²) in [6.07, 6.45) is 0. The van der Waals surface area contributed by atoms with Crippen LogP contribution in [0.2, 0.25) is 0 Å². The number of hydrogen-bond acceptors (Lipinski definition) is 5. The monoisotopic (exact) mass is 248 g/mol. The van der Waals surface area contributed by atoms with Crippen molar-refractivity contribution in [1.29, 1.82) is 0 Å². The molecule has 0 unspecified atom stereocenters. The third-order valence-corrected chi connectivity index (χ3v) is 2.47. The third kappa shape index (κ3) is 2.88. The lowest BCUT2D eigenvalue weighted by atomic mass is 10.1. The first-order valence-corrected chi connectivity index (χ1v) is 5.72. The minimum Gasteiger partial charge on any atom is -0.490 e. The maximum absolute atomic E-state index is 5.63. The summed E-state index contributed by atoms with van der Waals surface area (Å²) in [7, 11) is 1.64. The fourth-order valence-electron chi connectivity index (χ4n) is 1.57. The molecule has 0 aliphatic carbocycles. The van der Waals surface area contributed by atoms with Gasteiger partial charge in [-0.15, -0.1) is 0 Å². The van der Waals surface area contributed by atoms with E-state index in [1.165, 1.54) is 0 Å². The summed E-state index contributed by atoms with van der Waals surface area (Å²) in [5, 5.41) is 3.87. The minimum absolute atomic E-state index is 0.357. The number of para-hydroxylation sites is 1. The Morgan fingerprint density at radius 3 is 2.83 bits per heavy atom. The molecule has 5 heteroatoms. The molecule has 2 rings (SSSR count). The number of methoxy groups -OCH3 is 1. The molecule has 18 heavy (non-hydrogen) atoms. The van der Waals surface area contributed by atoms with E-state index in [9.17, 15) is 0 Å². The first-order chi connectivity index (χ1) is 8.85. The number of hydrogen-bond donors (Lipinski definition) is 1. The van der Waals surface area contributed by atoms with Gasteiger partial charge in [0.15, 0.2) is 5.76 Å². The van der Waals surface area contributed by atoms with Crippen LogP contribution < -0.4 is 10.5 Å². The molecule has 2 aromatic rings. The Hall–Kier alpha value is -1.85. The average molecular weight is 248 g/mol. The first-order valence-electron chi connectivity index (χ1n) is 5.72. The predicted octanol–water partition coefficient (Wildman–Crippen LogP) is 1.83. The molecule has 0 fully saturated rings. The maximum atomic E-state index is 5.63. The highest BCUT2D eigenvalue weighted by molar-refractivity contribution is 5.65. The molecule has 1 aromatic heterocycles. The molecule has 0 aliphatic rings. The van der Waals surface area contributed by atoms with E-state index in [0.29, 0.717) is 25.5 Å². The Morgan fingerprint density at radius 1 is 1.28 bits per heavy atom. The van der Waals surface area contributed by atoms with E-state index >= 15 is 0 Å². The zero-order valence-electron chi connectivity index (χ0n) is 10.3. The summed E-state index contributed by atoms with van der Waals surface area (Å²) in [4.78, 5) is 0. The minimum atomic E-state index is 0.357. The Balaban J connectivity index is 2.20. The molecule has 0 radical (unpaired) electrons. The van der Waals surface area contributed by atoms with Crippen LogP contribution in [-0.4, -0.2) is 25.5 Å². The van der Waals surface area contributed by atoms with Crippen molar-refractivity contribution in [2.75, 3.05) is 20.3 Å². The molecule has 5 nitrogen and oxygen atoms in total. The van der Waals surface area contributed by atoms with Crippen LogP contribution in [0.5, 0.6) is 5.75 Å². The lowest BCUT2D eigenvalue weighted by Crippen LogP contribution is -2.04. The van der Waals surface area contributed by atoms with Crippen molar-refractivity contribution >= 4 is 0 Å². The van der Waals surface area contributed by atoms with Crippen LogP contribution >= 0.6 is 0 Å². The van der Waals surface area contributed by atoms with E-state index in [-0.39, 0.29) is 0 Å². The SMILES string of the molecule is COCCOc1ccccc1-c1cc(CN)no1. The molecule has 0 saturated carbocycles. The van der Waals surface area contributed by atoms with Crippen LogP contribution in [0.25, 0.3) is 11.3 Å². The van der Waals surface area contributed by atoms with Crippen LogP contribution in [0.3, 0.4) is 0 Å². The van der Waals surface area contributed by atoms with Crippen LogP contribution in [0, 0.1) is 0 Å². The van der Waals surface area contributed by atoms with Crippen LogP contribution in [-0.2, 0) is 11.3 Å². The second-order valence-electron chi connectivity index (χ2n) is 3.72. The van der Waals surface area contributed by atoms with Gasteiger partial charge in [0.2, 0.25) is 0 Å². The molecule has 96 valence electrons. The average Bonchev–Trinajstić information content (AvgIpc) is 2.88.